The van der Waals surface area contributed by atoms with Crippen molar-refractivity contribution in [3.8, 4) is 0 Å². The van der Waals surface area contributed by atoms with Gasteiger partial charge < -0.3 is 15.0 Å². The first-order chi connectivity index (χ1) is 9.28. The minimum atomic E-state index is 0.714. The number of methoxy groups -OCH3 is 1. The highest BCUT2D eigenvalue weighted by Crippen LogP contribution is 2.17. The Hall–Kier alpha value is -0.580. The second kappa shape index (κ2) is 7.88. The third-order valence-corrected chi connectivity index (χ3v) is 4.14. The first-order valence-corrected chi connectivity index (χ1v) is 7.78. The Morgan fingerprint density at radius 1 is 1.37 bits per heavy atom. The average Bonchev–Trinajstić information content (AvgIpc) is 2.42. The maximum atomic E-state index is 5.27. The Morgan fingerprint density at radius 2 is 2.16 bits per heavy atom. The number of likely N-dealkylation sites (tertiary alicyclic amines) is 1. The molecule has 1 fully saturated rings. The number of nitrogens with zero attached hydrogens (tertiary/aromatic N) is 1. The van der Waals surface area contributed by atoms with Crippen LogP contribution < -0.4 is 5.32 Å². The second-order valence-corrected chi connectivity index (χ2v) is 6.11. The maximum absolute atomic E-state index is 5.27. The number of ether oxygens (including phenoxy) is 1. The van der Waals surface area contributed by atoms with E-state index in [2.05, 4.69) is 50.4 Å². The molecule has 0 amide bonds. The summed E-state index contributed by atoms with van der Waals surface area (Å²) in [6.45, 7) is 5.41. The fourth-order valence-electron chi connectivity index (χ4n) is 2.65. The standard InChI is InChI=1S/C15H23BrN2O/c1-19-12-13-3-2-9-18(11-13)10-8-17-15-6-4-14(16)5-7-15/h4-7,13,17H,2-3,8-12H2,1H3. The SMILES string of the molecule is COCC1CCCN(CCNc2ccc(Br)cc2)C1. The Kier molecular flexibility index (Phi) is 6.14. The average molecular weight is 327 g/mol. The normalized spacial score (nSPS) is 20.4. The molecule has 1 N–H and O–H groups in total. The predicted molar refractivity (Wildman–Crippen MR) is 83.7 cm³/mol. The van der Waals surface area contributed by atoms with Gasteiger partial charge in [-0.1, -0.05) is 15.9 Å². The van der Waals surface area contributed by atoms with E-state index in [0.29, 0.717) is 5.92 Å². The number of benzene rings is 1. The Balaban J connectivity index is 1.69. The van der Waals surface area contributed by atoms with Crippen LogP contribution in [0.2, 0.25) is 0 Å². The maximum Gasteiger partial charge on any atom is 0.0502 e. The number of rotatable bonds is 6. The second-order valence-electron chi connectivity index (χ2n) is 5.20. The van der Waals surface area contributed by atoms with Crippen LogP contribution in [0.5, 0.6) is 0 Å². The monoisotopic (exact) mass is 326 g/mol. The van der Waals surface area contributed by atoms with Gasteiger partial charge in [-0.15, -0.1) is 0 Å². The molecule has 4 heteroatoms. The molecule has 1 aliphatic rings. The highest BCUT2D eigenvalue weighted by molar-refractivity contribution is 9.10. The van der Waals surface area contributed by atoms with Gasteiger partial charge in [-0.2, -0.15) is 0 Å². The van der Waals surface area contributed by atoms with Crippen molar-refractivity contribution in [2.45, 2.75) is 12.8 Å². The van der Waals surface area contributed by atoms with E-state index in [1.807, 2.05) is 0 Å². The van der Waals surface area contributed by atoms with E-state index >= 15 is 0 Å². The van der Waals surface area contributed by atoms with Crippen LogP contribution in [0.25, 0.3) is 0 Å². The zero-order valence-electron chi connectivity index (χ0n) is 11.6. The molecule has 0 spiro atoms. The molecule has 1 heterocycles. The van der Waals surface area contributed by atoms with Crippen LogP contribution in [0.3, 0.4) is 0 Å². The molecule has 19 heavy (non-hydrogen) atoms. The number of halogens is 1. The van der Waals surface area contributed by atoms with Crippen LogP contribution in [-0.2, 0) is 4.74 Å². The highest BCUT2D eigenvalue weighted by Gasteiger charge is 2.18. The van der Waals surface area contributed by atoms with Gasteiger partial charge in [0.05, 0.1) is 6.61 Å². The van der Waals surface area contributed by atoms with Crippen LogP contribution in [0, 0.1) is 5.92 Å². The number of nitrogens with one attached hydrogen (secondary N) is 1. The molecule has 106 valence electrons. The van der Waals surface area contributed by atoms with Crippen molar-refractivity contribution >= 4 is 21.6 Å². The fraction of sp³-hybridized carbons (Fsp3) is 0.600. The fourth-order valence-corrected chi connectivity index (χ4v) is 2.92. The van der Waals surface area contributed by atoms with Gasteiger partial charge in [-0.3, -0.25) is 0 Å². The molecule has 3 nitrogen and oxygen atoms in total. The van der Waals surface area contributed by atoms with Crippen molar-refractivity contribution in [3.05, 3.63) is 28.7 Å². The van der Waals surface area contributed by atoms with Gasteiger partial charge in [0.15, 0.2) is 0 Å². The predicted octanol–water partition coefficient (Wildman–Crippen LogP) is 3.22. The van der Waals surface area contributed by atoms with Gasteiger partial charge in [-0.25, -0.2) is 0 Å². The van der Waals surface area contributed by atoms with Gasteiger partial charge >= 0.3 is 0 Å². The van der Waals surface area contributed by atoms with Gasteiger partial charge in [0.25, 0.3) is 0 Å². The van der Waals surface area contributed by atoms with Gasteiger partial charge in [0.2, 0.25) is 0 Å². The number of anilines is 1. The van der Waals surface area contributed by atoms with Crippen molar-refractivity contribution in [1.82, 2.24) is 4.90 Å². The van der Waals surface area contributed by atoms with E-state index in [0.717, 1.165) is 24.2 Å². The number of hydrogen-bond donors (Lipinski definition) is 1. The lowest BCUT2D eigenvalue weighted by Crippen LogP contribution is -2.39. The molecule has 0 aromatic heterocycles. The quantitative estimate of drug-likeness (QED) is 0.868. The van der Waals surface area contributed by atoms with Crippen LogP contribution in [-0.4, -0.2) is 44.8 Å². The summed E-state index contributed by atoms with van der Waals surface area (Å²) in [5, 5.41) is 3.47. The first kappa shape index (κ1) is 14.8. The molecular formula is C15H23BrN2O. The van der Waals surface area contributed by atoms with Gasteiger partial charge in [0, 0.05) is 36.9 Å². The molecule has 1 aromatic rings. The molecule has 0 saturated carbocycles. The summed E-state index contributed by atoms with van der Waals surface area (Å²) >= 11 is 3.45. The van der Waals surface area contributed by atoms with Crippen molar-refractivity contribution in [2.75, 3.05) is 45.2 Å². The van der Waals surface area contributed by atoms with Gasteiger partial charge in [-0.05, 0) is 49.6 Å². The van der Waals surface area contributed by atoms with E-state index in [-0.39, 0.29) is 0 Å². The summed E-state index contributed by atoms with van der Waals surface area (Å²) in [4.78, 5) is 2.54. The lowest BCUT2D eigenvalue weighted by Gasteiger charge is -2.32. The Morgan fingerprint density at radius 3 is 2.89 bits per heavy atom. The lowest BCUT2D eigenvalue weighted by atomic mass is 9.99. The topological polar surface area (TPSA) is 24.5 Å². The molecule has 0 bridgehead atoms. The summed E-state index contributed by atoms with van der Waals surface area (Å²) in [6, 6.07) is 8.34. The minimum Gasteiger partial charge on any atom is -0.384 e. The third kappa shape index (κ3) is 5.13. The smallest absolute Gasteiger partial charge is 0.0502 e. The molecular weight excluding hydrogens is 304 g/mol. The molecule has 2 rings (SSSR count). The number of hydrogen-bond acceptors (Lipinski definition) is 3. The molecule has 1 aliphatic heterocycles. The largest absolute Gasteiger partial charge is 0.384 e. The van der Waals surface area contributed by atoms with Crippen molar-refractivity contribution in [3.63, 3.8) is 0 Å². The molecule has 1 unspecified atom stereocenters. The lowest BCUT2D eigenvalue weighted by molar-refractivity contribution is 0.0926. The summed E-state index contributed by atoms with van der Waals surface area (Å²) in [5.41, 5.74) is 1.19. The summed E-state index contributed by atoms with van der Waals surface area (Å²) in [6.07, 6.45) is 2.61. The van der Waals surface area contributed by atoms with Crippen molar-refractivity contribution < 1.29 is 4.74 Å². The molecule has 1 aromatic carbocycles. The van der Waals surface area contributed by atoms with Gasteiger partial charge in [0.1, 0.15) is 0 Å². The summed E-state index contributed by atoms with van der Waals surface area (Å²) in [5.74, 6) is 0.714. The minimum absolute atomic E-state index is 0.714. The molecule has 0 aliphatic carbocycles. The van der Waals surface area contributed by atoms with Crippen LogP contribution >= 0.6 is 15.9 Å². The van der Waals surface area contributed by atoms with E-state index in [9.17, 15) is 0 Å². The highest BCUT2D eigenvalue weighted by atomic mass is 79.9. The van der Waals surface area contributed by atoms with E-state index in [1.54, 1.807) is 7.11 Å². The van der Waals surface area contributed by atoms with Crippen LogP contribution in [0.1, 0.15) is 12.8 Å². The Labute approximate surface area is 124 Å². The van der Waals surface area contributed by atoms with E-state index < -0.39 is 0 Å². The van der Waals surface area contributed by atoms with E-state index in [1.165, 1.54) is 31.6 Å². The third-order valence-electron chi connectivity index (χ3n) is 3.61. The van der Waals surface area contributed by atoms with Crippen molar-refractivity contribution in [1.29, 1.82) is 0 Å². The molecule has 1 atom stereocenters. The van der Waals surface area contributed by atoms with Crippen molar-refractivity contribution in [2.24, 2.45) is 5.92 Å². The summed E-state index contributed by atoms with van der Waals surface area (Å²) < 4.78 is 6.39. The van der Waals surface area contributed by atoms with E-state index in [4.69, 9.17) is 4.74 Å². The zero-order valence-corrected chi connectivity index (χ0v) is 13.2. The summed E-state index contributed by atoms with van der Waals surface area (Å²) in [7, 11) is 1.80. The molecule has 1 saturated heterocycles. The first-order valence-electron chi connectivity index (χ1n) is 6.98. The van der Waals surface area contributed by atoms with Crippen LogP contribution in [0.15, 0.2) is 28.7 Å². The zero-order chi connectivity index (χ0) is 13.5. The molecule has 0 radical (unpaired) electrons. The number of piperidine rings is 1. The Bertz CT molecular complexity index is 367. The van der Waals surface area contributed by atoms with Crippen LogP contribution in [0.4, 0.5) is 5.69 Å².